The van der Waals surface area contributed by atoms with Gasteiger partial charge in [0, 0.05) is 36.5 Å². The molecule has 1 aromatic rings. The Balaban J connectivity index is 1.65. The van der Waals surface area contributed by atoms with Crippen molar-refractivity contribution in [2.24, 2.45) is 0 Å². The summed E-state index contributed by atoms with van der Waals surface area (Å²) in [5.41, 5.74) is 0.658. The third-order valence-corrected chi connectivity index (χ3v) is 5.93. The highest BCUT2D eigenvalue weighted by Crippen LogP contribution is 2.36. The molecule has 0 atom stereocenters. The second-order valence-electron chi connectivity index (χ2n) is 9.23. The van der Waals surface area contributed by atoms with E-state index in [0.717, 1.165) is 31.4 Å². The third-order valence-electron chi connectivity index (χ3n) is 5.93. The molecule has 0 spiro atoms. The van der Waals surface area contributed by atoms with Gasteiger partial charge in [-0.15, -0.1) is 0 Å². The summed E-state index contributed by atoms with van der Waals surface area (Å²) in [7, 11) is -0.321. The summed E-state index contributed by atoms with van der Waals surface area (Å²) in [6.45, 7) is 17.4. The number of aromatic nitrogens is 2. The summed E-state index contributed by atoms with van der Waals surface area (Å²) >= 11 is 0. The molecule has 0 amide bonds. The van der Waals surface area contributed by atoms with Crippen LogP contribution in [0.15, 0.2) is 12.4 Å². The second kappa shape index (κ2) is 5.85. The molecule has 0 unspecified atom stereocenters. The average molecular weight is 333 g/mol. The maximum atomic E-state index is 6.13. The molecular weight excluding hydrogens is 301 g/mol. The van der Waals surface area contributed by atoms with Gasteiger partial charge in [-0.3, -0.25) is 9.58 Å². The smallest absolute Gasteiger partial charge is 0.399 e. The van der Waals surface area contributed by atoms with Crippen molar-refractivity contribution >= 4 is 12.6 Å². The topological polar surface area (TPSA) is 39.5 Å². The van der Waals surface area contributed by atoms with Gasteiger partial charge in [-0.2, -0.15) is 5.10 Å². The molecule has 0 bridgehead atoms. The Morgan fingerprint density at radius 2 is 1.62 bits per heavy atom. The van der Waals surface area contributed by atoms with Gasteiger partial charge in [0.2, 0.25) is 0 Å². The van der Waals surface area contributed by atoms with Crippen LogP contribution in [-0.2, 0) is 9.31 Å². The van der Waals surface area contributed by atoms with Gasteiger partial charge in [0.25, 0.3) is 0 Å². The first-order valence-electron chi connectivity index (χ1n) is 9.14. The Morgan fingerprint density at radius 1 is 1.08 bits per heavy atom. The fraction of sp³-hybridized carbons (Fsp3) is 0.833. The van der Waals surface area contributed by atoms with Crippen LogP contribution in [-0.4, -0.2) is 51.6 Å². The summed E-state index contributed by atoms with van der Waals surface area (Å²) in [6.07, 6.45) is 6.29. The molecule has 2 fully saturated rings. The number of hydrogen-bond acceptors (Lipinski definition) is 4. The standard InChI is InChI=1S/C18H32BN3O2/c1-16(2,3)21-10-8-15(9-11-21)22-13-14(12-20-22)19-23-17(4,5)18(6,7)24-19/h12-13,15H,8-11H2,1-7H3. The van der Waals surface area contributed by atoms with Crippen LogP contribution in [0.1, 0.15) is 67.3 Å². The molecule has 3 heterocycles. The second-order valence-corrected chi connectivity index (χ2v) is 9.23. The highest BCUT2D eigenvalue weighted by molar-refractivity contribution is 6.61. The summed E-state index contributed by atoms with van der Waals surface area (Å²) in [5.74, 6) is 0. The van der Waals surface area contributed by atoms with Gasteiger partial charge in [0.15, 0.2) is 0 Å². The molecule has 0 radical (unpaired) electrons. The van der Waals surface area contributed by atoms with Gasteiger partial charge >= 0.3 is 7.12 Å². The molecule has 5 nitrogen and oxygen atoms in total. The van der Waals surface area contributed by atoms with Crippen molar-refractivity contribution in [3.63, 3.8) is 0 Å². The van der Waals surface area contributed by atoms with E-state index in [-0.39, 0.29) is 23.9 Å². The molecule has 0 aliphatic carbocycles. The zero-order valence-electron chi connectivity index (χ0n) is 16.3. The normalized spacial score (nSPS) is 25.4. The van der Waals surface area contributed by atoms with Gasteiger partial charge in [0.1, 0.15) is 0 Å². The zero-order valence-corrected chi connectivity index (χ0v) is 16.3. The monoisotopic (exact) mass is 333 g/mol. The molecule has 2 saturated heterocycles. The lowest BCUT2D eigenvalue weighted by atomic mass is 9.82. The predicted octanol–water partition coefficient (Wildman–Crippen LogP) is 2.62. The molecule has 0 aromatic carbocycles. The minimum atomic E-state index is -0.321. The van der Waals surface area contributed by atoms with E-state index in [0.29, 0.717) is 6.04 Å². The van der Waals surface area contributed by atoms with Crippen molar-refractivity contribution in [2.75, 3.05) is 13.1 Å². The van der Waals surface area contributed by atoms with E-state index in [2.05, 4.69) is 69.3 Å². The molecule has 24 heavy (non-hydrogen) atoms. The maximum absolute atomic E-state index is 6.13. The van der Waals surface area contributed by atoms with Crippen molar-refractivity contribution < 1.29 is 9.31 Å². The summed E-state index contributed by atoms with van der Waals surface area (Å²) in [6, 6.07) is 0.472. The fourth-order valence-corrected chi connectivity index (χ4v) is 3.45. The fourth-order valence-electron chi connectivity index (χ4n) is 3.45. The Kier molecular flexibility index (Phi) is 4.38. The first-order valence-corrected chi connectivity index (χ1v) is 9.14. The van der Waals surface area contributed by atoms with Crippen LogP contribution in [0.25, 0.3) is 0 Å². The van der Waals surface area contributed by atoms with Crippen molar-refractivity contribution in [3.8, 4) is 0 Å². The Hall–Kier alpha value is -0.845. The van der Waals surface area contributed by atoms with Crippen LogP contribution >= 0.6 is 0 Å². The molecule has 2 aliphatic heterocycles. The molecule has 0 saturated carbocycles. The Morgan fingerprint density at radius 3 is 2.12 bits per heavy atom. The summed E-state index contributed by atoms with van der Waals surface area (Å²) in [5, 5.41) is 4.61. The maximum Gasteiger partial charge on any atom is 0.498 e. The van der Waals surface area contributed by atoms with Crippen LogP contribution in [0.5, 0.6) is 0 Å². The zero-order chi connectivity index (χ0) is 17.8. The molecule has 3 rings (SSSR count). The van der Waals surface area contributed by atoms with Gasteiger partial charge in [-0.25, -0.2) is 0 Å². The molecular formula is C18H32BN3O2. The van der Waals surface area contributed by atoms with Gasteiger partial charge in [-0.1, -0.05) is 0 Å². The SMILES string of the molecule is CC(C)(C)N1CCC(n2cc(B3OC(C)(C)C(C)(C)O3)cn2)CC1. The average Bonchev–Trinajstić information content (AvgIpc) is 3.02. The van der Waals surface area contributed by atoms with Crippen molar-refractivity contribution in [1.29, 1.82) is 0 Å². The minimum absolute atomic E-state index is 0.253. The quantitative estimate of drug-likeness (QED) is 0.780. The number of rotatable bonds is 2. The Bertz CT molecular complexity index is 567. The van der Waals surface area contributed by atoms with Crippen LogP contribution < -0.4 is 5.46 Å². The first-order chi connectivity index (χ1) is 11.0. The number of nitrogens with zero attached hydrogens (tertiary/aromatic N) is 3. The van der Waals surface area contributed by atoms with E-state index in [1.54, 1.807) is 0 Å². The molecule has 1 aromatic heterocycles. The summed E-state index contributed by atoms with van der Waals surface area (Å²) < 4.78 is 14.4. The van der Waals surface area contributed by atoms with Crippen LogP contribution in [0.4, 0.5) is 0 Å². The summed E-state index contributed by atoms with van der Waals surface area (Å²) in [4.78, 5) is 2.56. The van der Waals surface area contributed by atoms with E-state index in [1.807, 2.05) is 6.20 Å². The van der Waals surface area contributed by atoms with Crippen LogP contribution in [0.2, 0.25) is 0 Å². The van der Waals surface area contributed by atoms with Gasteiger partial charge < -0.3 is 9.31 Å². The van der Waals surface area contributed by atoms with Crippen molar-refractivity contribution in [1.82, 2.24) is 14.7 Å². The Labute approximate surface area is 146 Å². The molecule has 2 aliphatic rings. The lowest BCUT2D eigenvalue weighted by Gasteiger charge is -2.40. The predicted molar refractivity (Wildman–Crippen MR) is 97.5 cm³/mol. The molecule has 134 valence electrons. The highest BCUT2D eigenvalue weighted by atomic mass is 16.7. The number of hydrogen-bond donors (Lipinski definition) is 0. The van der Waals surface area contributed by atoms with Crippen LogP contribution in [0, 0.1) is 0 Å². The number of piperidine rings is 1. The van der Waals surface area contributed by atoms with E-state index in [1.165, 1.54) is 0 Å². The van der Waals surface area contributed by atoms with Gasteiger partial charge in [0.05, 0.1) is 17.2 Å². The van der Waals surface area contributed by atoms with E-state index in [9.17, 15) is 0 Å². The molecule has 0 N–H and O–H groups in total. The molecule has 6 heteroatoms. The van der Waals surface area contributed by atoms with E-state index < -0.39 is 0 Å². The van der Waals surface area contributed by atoms with E-state index in [4.69, 9.17) is 9.31 Å². The van der Waals surface area contributed by atoms with Gasteiger partial charge in [-0.05, 0) is 61.3 Å². The number of likely N-dealkylation sites (tertiary alicyclic amines) is 1. The minimum Gasteiger partial charge on any atom is -0.399 e. The first kappa shape index (κ1) is 18.0. The lowest BCUT2D eigenvalue weighted by molar-refractivity contribution is 0.00578. The lowest BCUT2D eigenvalue weighted by Crippen LogP contribution is -2.46. The van der Waals surface area contributed by atoms with E-state index >= 15 is 0 Å². The van der Waals surface area contributed by atoms with Crippen molar-refractivity contribution in [2.45, 2.75) is 84.1 Å². The van der Waals surface area contributed by atoms with Crippen LogP contribution in [0.3, 0.4) is 0 Å². The third kappa shape index (κ3) is 3.28. The van der Waals surface area contributed by atoms with Crippen molar-refractivity contribution in [3.05, 3.63) is 12.4 Å². The highest BCUT2D eigenvalue weighted by Gasteiger charge is 2.52. The largest absolute Gasteiger partial charge is 0.498 e.